The highest BCUT2D eigenvalue weighted by Gasteiger charge is 2.06. The molecule has 0 heterocycles. The maximum absolute atomic E-state index is 12.1. The first kappa shape index (κ1) is 16.5. The molecule has 0 aromatic heterocycles. The monoisotopic (exact) mass is 311 g/mol. The molecule has 5 heteroatoms. The Morgan fingerprint density at radius 3 is 2.35 bits per heavy atom. The van der Waals surface area contributed by atoms with E-state index >= 15 is 0 Å². The van der Waals surface area contributed by atoms with Crippen LogP contribution in [0.2, 0.25) is 0 Å². The summed E-state index contributed by atoms with van der Waals surface area (Å²) in [5.74, 6) is -0.0919. The van der Waals surface area contributed by atoms with E-state index in [1.54, 1.807) is 24.3 Å². The molecule has 3 amide bonds. The largest absolute Gasteiger partial charge is 0.338 e. The number of aryl methyl sites for hydroxylation is 1. The van der Waals surface area contributed by atoms with E-state index < -0.39 is 0 Å². The van der Waals surface area contributed by atoms with Gasteiger partial charge in [-0.1, -0.05) is 35.9 Å². The van der Waals surface area contributed by atoms with Gasteiger partial charge in [0.1, 0.15) is 0 Å². The van der Waals surface area contributed by atoms with Gasteiger partial charge in [-0.3, -0.25) is 4.79 Å². The van der Waals surface area contributed by atoms with Crippen LogP contribution in [0.5, 0.6) is 0 Å². The van der Waals surface area contributed by atoms with Crippen molar-refractivity contribution in [2.24, 2.45) is 0 Å². The van der Waals surface area contributed by atoms with Crippen LogP contribution in [0.25, 0.3) is 0 Å². The maximum Gasteiger partial charge on any atom is 0.319 e. The predicted octanol–water partition coefficient (Wildman–Crippen LogP) is 3.32. The zero-order valence-corrected chi connectivity index (χ0v) is 13.3. The third-order valence-electron chi connectivity index (χ3n) is 3.19. The van der Waals surface area contributed by atoms with E-state index in [-0.39, 0.29) is 11.9 Å². The normalized spacial score (nSPS) is 10.0. The average Bonchev–Trinajstić information content (AvgIpc) is 2.47. The van der Waals surface area contributed by atoms with Crippen molar-refractivity contribution in [3.05, 3.63) is 59.7 Å². The number of nitrogens with one attached hydrogen (secondary N) is 3. The number of urea groups is 1. The Bertz CT molecular complexity index is 698. The zero-order valence-electron chi connectivity index (χ0n) is 13.3. The summed E-state index contributed by atoms with van der Waals surface area (Å²) in [5, 5.41) is 8.21. The van der Waals surface area contributed by atoms with Crippen LogP contribution in [0.15, 0.2) is 48.5 Å². The molecule has 0 aliphatic carbocycles. The molecule has 0 aliphatic heterocycles. The molecule has 23 heavy (non-hydrogen) atoms. The average molecular weight is 311 g/mol. The first-order valence-corrected chi connectivity index (χ1v) is 7.57. The molecule has 0 aliphatic rings. The zero-order chi connectivity index (χ0) is 16.7. The topological polar surface area (TPSA) is 70.2 Å². The van der Waals surface area contributed by atoms with Crippen LogP contribution in [-0.4, -0.2) is 18.5 Å². The van der Waals surface area contributed by atoms with E-state index in [9.17, 15) is 9.59 Å². The number of benzene rings is 2. The summed E-state index contributed by atoms with van der Waals surface area (Å²) < 4.78 is 0. The first-order chi connectivity index (χ1) is 11.1. The van der Waals surface area contributed by atoms with Gasteiger partial charge in [0.15, 0.2) is 0 Å². The van der Waals surface area contributed by atoms with Crippen LogP contribution >= 0.6 is 0 Å². The van der Waals surface area contributed by atoms with E-state index in [2.05, 4.69) is 16.0 Å². The molecular weight excluding hydrogens is 290 g/mol. The molecule has 0 unspecified atom stereocenters. The molecule has 3 N–H and O–H groups in total. The van der Waals surface area contributed by atoms with Crippen molar-refractivity contribution in [2.75, 3.05) is 17.2 Å². The number of amides is 3. The molecule has 0 bridgehead atoms. The molecule has 2 aromatic rings. The van der Waals surface area contributed by atoms with Crippen molar-refractivity contribution in [3.8, 4) is 0 Å². The van der Waals surface area contributed by atoms with Crippen molar-refractivity contribution in [3.63, 3.8) is 0 Å². The Balaban J connectivity index is 1.97. The van der Waals surface area contributed by atoms with Crippen molar-refractivity contribution in [2.45, 2.75) is 20.3 Å². The van der Waals surface area contributed by atoms with Gasteiger partial charge in [0.25, 0.3) is 0 Å². The summed E-state index contributed by atoms with van der Waals surface area (Å²) in [6.07, 6.45) is 0.315. The van der Waals surface area contributed by atoms with Gasteiger partial charge in [-0.2, -0.15) is 0 Å². The van der Waals surface area contributed by atoms with Crippen molar-refractivity contribution >= 4 is 23.3 Å². The molecule has 0 spiro atoms. The van der Waals surface area contributed by atoms with Crippen LogP contribution in [0.1, 0.15) is 18.1 Å². The van der Waals surface area contributed by atoms with Gasteiger partial charge >= 0.3 is 6.03 Å². The SMILES string of the molecule is CCNC(=O)Nc1cccc(NC(=O)Cc2cccc(C)c2)c1. The summed E-state index contributed by atoms with van der Waals surface area (Å²) in [6, 6.07) is 14.7. The summed E-state index contributed by atoms with van der Waals surface area (Å²) in [7, 11) is 0. The van der Waals surface area contributed by atoms with Gasteiger partial charge in [-0.15, -0.1) is 0 Å². The lowest BCUT2D eigenvalue weighted by molar-refractivity contribution is -0.115. The lowest BCUT2D eigenvalue weighted by Gasteiger charge is -2.09. The lowest BCUT2D eigenvalue weighted by Crippen LogP contribution is -2.28. The molecule has 0 atom stereocenters. The van der Waals surface area contributed by atoms with E-state index in [0.717, 1.165) is 11.1 Å². The third kappa shape index (κ3) is 5.47. The minimum atomic E-state index is -0.268. The Labute approximate surface area is 136 Å². The van der Waals surface area contributed by atoms with Crippen LogP contribution in [0.4, 0.5) is 16.2 Å². The van der Waals surface area contributed by atoms with E-state index in [4.69, 9.17) is 0 Å². The van der Waals surface area contributed by atoms with Gasteiger partial charge in [-0.05, 0) is 37.6 Å². The Morgan fingerprint density at radius 1 is 0.957 bits per heavy atom. The number of carbonyl (C=O) groups excluding carboxylic acids is 2. The smallest absolute Gasteiger partial charge is 0.319 e. The second kappa shape index (κ2) is 7.98. The summed E-state index contributed by atoms with van der Waals surface area (Å²) in [6.45, 7) is 4.40. The van der Waals surface area contributed by atoms with Crippen LogP contribution in [-0.2, 0) is 11.2 Å². The molecule has 0 radical (unpaired) electrons. The maximum atomic E-state index is 12.1. The molecule has 120 valence electrons. The number of hydrogen-bond donors (Lipinski definition) is 3. The Kier molecular flexibility index (Phi) is 5.74. The molecule has 0 fully saturated rings. The highest BCUT2D eigenvalue weighted by atomic mass is 16.2. The predicted molar refractivity (Wildman–Crippen MR) is 92.7 cm³/mol. The van der Waals surface area contributed by atoms with Gasteiger partial charge in [-0.25, -0.2) is 4.79 Å². The van der Waals surface area contributed by atoms with Gasteiger partial charge in [0, 0.05) is 17.9 Å². The number of hydrogen-bond acceptors (Lipinski definition) is 2. The Morgan fingerprint density at radius 2 is 1.65 bits per heavy atom. The van der Waals surface area contributed by atoms with E-state index in [1.165, 1.54) is 0 Å². The molecule has 2 rings (SSSR count). The van der Waals surface area contributed by atoms with Gasteiger partial charge in [0.05, 0.1) is 6.42 Å². The summed E-state index contributed by atoms with van der Waals surface area (Å²) in [4.78, 5) is 23.6. The Hall–Kier alpha value is -2.82. The fraction of sp³-hybridized carbons (Fsp3) is 0.222. The number of rotatable bonds is 5. The number of anilines is 2. The van der Waals surface area contributed by atoms with Crippen molar-refractivity contribution in [1.82, 2.24) is 5.32 Å². The minimum Gasteiger partial charge on any atom is -0.338 e. The summed E-state index contributed by atoms with van der Waals surface area (Å²) in [5.41, 5.74) is 3.38. The molecule has 0 saturated heterocycles. The van der Waals surface area contributed by atoms with Gasteiger partial charge < -0.3 is 16.0 Å². The van der Waals surface area contributed by atoms with Gasteiger partial charge in [0.2, 0.25) is 5.91 Å². The van der Waals surface area contributed by atoms with Crippen molar-refractivity contribution in [1.29, 1.82) is 0 Å². The third-order valence-corrected chi connectivity index (χ3v) is 3.19. The van der Waals surface area contributed by atoms with Crippen molar-refractivity contribution < 1.29 is 9.59 Å². The second-order valence-corrected chi connectivity index (χ2v) is 5.28. The van der Waals surface area contributed by atoms with Crippen LogP contribution in [0.3, 0.4) is 0 Å². The second-order valence-electron chi connectivity index (χ2n) is 5.28. The van der Waals surface area contributed by atoms with Crippen LogP contribution < -0.4 is 16.0 Å². The fourth-order valence-corrected chi connectivity index (χ4v) is 2.22. The highest BCUT2D eigenvalue weighted by molar-refractivity contribution is 5.94. The molecule has 0 saturated carbocycles. The fourth-order valence-electron chi connectivity index (χ4n) is 2.22. The number of carbonyl (C=O) groups is 2. The molecule has 5 nitrogen and oxygen atoms in total. The van der Waals surface area contributed by atoms with Crippen LogP contribution in [0, 0.1) is 6.92 Å². The molecule has 2 aromatic carbocycles. The standard InChI is InChI=1S/C18H21N3O2/c1-3-19-18(23)21-16-9-5-8-15(12-16)20-17(22)11-14-7-4-6-13(2)10-14/h4-10,12H,3,11H2,1-2H3,(H,20,22)(H2,19,21,23). The quantitative estimate of drug-likeness (QED) is 0.793. The molecular formula is C18H21N3O2. The summed E-state index contributed by atoms with van der Waals surface area (Å²) >= 11 is 0. The first-order valence-electron chi connectivity index (χ1n) is 7.57. The van der Waals surface area contributed by atoms with E-state index in [0.29, 0.717) is 24.3 Å². The van der Waals surface area contributed by atoms with E-state index in [1.807, 2.05) is 38.1 Å². The lowest BCUT2D eigenvalue weighted by atomic mass is 10.1. The minimum absolute atomic E-state index is 0.0919. The highest BCUT2D eigenvalue weighted by Crippen LogP contribution is 2.15.